The van der Waals surface area contributed by atoms with Crippen LogP contribution in [0.5, 0.6) is 0 Å². The Hall–Kier alpha value is -1.40. The lowest BCUT2D eigenvalue weighted by atomic mass is 10.0. The van der Waals surface area contributed by atoms with Crippen LogP contribution in [0.4, 0.5) is 0 Å². The van der Waals surface area contributed by atoms with E-state index in [4.69, 9.17) is 5.53 Å². The summed E-state index contributed by atoms with van der Waals surface area (Å²) in [6.07, 6.45) is 1.48. The summed E-state index contributed by atoms with van der Waals surface area (Å²) in [4.78, 5) is 3.03. The minimum Gasteiger partial charge on any atom is -0.361 e. The fourth-order valence-corrected chi connectivity index (χ4v) is 1.45. The van der Waals surface area contributed by atoms with Crippen LogP contribution in [0.1, 0.15) is 22.3 Å². The molecule has 0 bridgehead atoms. The molecule has 0 amide bonds. The Bertz CT molecular complexity index is 324. The molecule has 1 aromatic carbocycles. The average molecular weight is 160 g/mol. The van der Waals surface area contributed by atoms with Crippen molar-refractivity contribution < 1.29 is 4.79 Å². The summed E-state index contributed by atoms with van der Waals surface area (Å²) in [7, 11) is 0. The molecule has 0 aliphatic carbocycles. The van der Waals surface area contributed by atoms with Gasteiger partial charge in [0.1, 0.15) is 0 Å². The van der Waals surface area contributed by atoms with Gasteiger partial charge in [-0.25, -0.2) is 0 Å². The maximum Gasteiger partial charge on any atom is 0.288 e. The van der Waals surface area contributed by atoms with Gasteiger partial charge >= 0.3 is 0 Å². The molecule has 62 valence electrons. The standard InChI is InChI=1S/C10H12N2/c1-7-4-8(2)10(6-12-11)9(3)5-7/h4-6H,1-3H3. The Morgan fingerprint density at radius 2 is 1.67 bits per heavy atom. The zero-order valence-electron chi connectivity index (χ0n) is 7.63. The van der Waals surface area contributed by atoms with Gasteiger partial charge in [0.2, 0.25) is 0 Å². The summed E-state index contributed by atoms with van der Waals surface area (Å²) >= 11 is 0. The van der Waals surface area contributed by atoms with Gasteiger partial charge in [-0.1, -0.05) is 17.7 Å². The zero-order chi connectivity index (χ0) is 9.14. The van der Waals surface area contributed by atoms with E-state index >= 15 is 0 Å². The van der Waals surface area contributed by atoms with Crippen molar-refractivity contribution in [1.29, 1.82) is 0 Å². The van der Waals surface area contributed by atoms with E-state index in [2.05, 4.69) is 23.8 Å². The van der Waals surface area contributed by atoms with E-state index in [9.17, 15) is 0 Å². The van der Waals surface area contributed by atoms with E-state index < -0.39 is 0 Å². The lowest BCUT2D eigenvalue weighted by Gasteiger charge is -2.02. The molecule has 0 spiro atoms. The van der Waals surface area contributed by atoms with Crippen molar-refractivity contribution in [2.24, 2.45) is 0 Å². The van der Waals surface area contributed by atoms with Crippen molar-refractivity contribution in [1.82, 2.24) is 0 Å². The van der Waals surface area contributed by atoms with Crippen molar-refractivity contribution in [2.45, 2.75) is 20.8 Å². The second kappa shape index (κ2) is 3.33. The molecule has 0 saturated heterocycles. The van der Waals surface area contributed by atoms with Crippen molar-refractivity contribution in [3.63, 3.8) is 0 Å². The van der Waals surface area contributed by atoms with Crippen molar-refractivity contribution in [2.75, 3.05) is 0 Å². The number of hydrogen-bond donors (Lipinski definition) is 0. The Kier molecular flexibility index (Phi) is 2.41. The molecule has 2 nitrogen and oxygen atoms in total. The lowest BCUT2D eigenvalue weighted by molar-refractivity contribution is 0.00449. The Labute approximate surface area is 72.5 Å². The first kappa shape index (κ1) is 8.69. The normalized spacial score (nSPS) is 9.25. The van der Waals surface area contributed by atoms with Crippen LogP contribution in [0.15, 0.2) is 12.1 Å². The van der Waals surface area contributed by atoms with Crippen LogP contribution in [0.3, 0.4) is 0 Å². The number of rotatable bonds is 1. The third kappa shape index (κ3) is 1.60. The van der Waals surface area contributed by atoms with Gasteiger partial charge in [0.25, 0.3) is 6.21 Å². The van der Waals surface area contributed by atoms with Gasteiger partial charge in [-0.15, -0.1) is 0 Å². The third-order valence-electron chi connectivity index (χ3n) is 1.92. The van der Waals surface area contributed by atoms with Gasteiger partial charge in [0.15, 0.2) is 0 Å². The highest BCUT2D eigenvalue weighted by Gasteiger charge is 2.03. The molecular weight excluding hydrogens is 148 g/mol. The van der Waals surface area contributed by atoms with E-state index in [1.54, 1.807) is 0 Å². The van der Waals surface area contributed by atoms with Crippen LogP contribution in [0.25, 0.3) is 5.53 Å². The number of benzene rings is 1. The first-order chi connectivity index (χ1) is 5.65. The summed E-state index contributed by atoms with van der Waals surface area (Å²) in [5.74, 6) is 0. The smallest absolute Gasteiger partial charge is 0.288 e. The molecule has 0 radical (unpaired) electrons. The van der Waals surface area contributed by atoms with Crippen molar-refractivity contribution in [3.05, 3.63) is 39.9 Å². The highest BCUT2D eigenvalue weighted by atomic mass is 14.8. The molecule has 1 rings (SSSR count). The topological polar surface area (TPSA) is 36.4 Å². The predicted molar refractivity (Wildman–Crippen MR) is 49.4 cm³/mol. The maximum absolute atomic E-state index is 8.41. The number of hydrogen-bond acceptors (Lipinski definition) is 0. The van der Waals surface area contributed by atoms with Gasteiger partial charge in [0.05, 0.1) is 5.56 Å². The Balaban J connectivity index is 3.37. The molecule has 0 aliphatic rings. The largest absolute Gasteiger partial charge is 0.361 e. The molecule has 1 aromatic rings. The van der Waals surface area contributed by atoms with Crippen LogP contribution in [0, 0.1) is 20.8 Å². The van der Waals surface area contributed by atoms with E-state index in [1.165, 1.54) is 11.8 Å². The summed E-state index contributed by atoms with van der Waals surface area (Å²) in [5, 5.41) is 0. The molecule has 0 aliphatic heterocycles. The van der Waals surface area contributed by atoms with Crippen LogP contribution in [-0.4, -0.2) is 11.0 Å². The van der Waals surface area contributed by atoms with E-state index in [0.717, 1.165) is 16.7 Å². The highest BCUT2D eigenvalue weighted by molar-refractivity contribution is 5.79. The van der Waals surface area contributed by atoms with Crippen molar-refractivity contribution >= 4 is 6.21 Å². The molecule has 0 unspecified atom stereocenters. The van der Waals surface area contributed by atoms with Gasteiger partial charge in [0, 0.05) is 0 Å². The molecule has 0 N–H and O–H groups in total. The third-order valence-corrected chi connectivity index (χ3v) is 1.92. The number of aryl methyl sites for hydroxylation is 3. The highest BCUT2D eigenvalue weighted by Crippen LogP contribution is 2.13. The summed E-state index contributed by atoms with van der Waals surface area (Å²) in [5.41, 5.74) is 12.9. The first-order valence-electron chi connectivity index (χ1n) is 3.90. The first-order valence-corrected chi connectivity index (χ1v) is 3.90. The maximum atomic E-state index is 8.41. The Morgan fingerprint density at radius 3 is 2.08 bits per heavy atom. The van der Waals surface area contributed by atoms with E-state index in [1.807, 2.05) is 13.8 Å². The van der Waals surface area contributed by atoms with Gasteiger partial charge < -0.3 is 5.53 Å². The monoisotopic (exact) mass is 160 g/mol. The molecule has 12 heavy (non-hydrogen) atoms. The molecule has 0 heterocycles. The fraction of sp³-hybridized carbons (Fsp3) is 0.300. The zero-order valence-corrected chi connectivity index (χ0v) is 7.63. The summed E-state index contributed by atoms with van der Waals surface area (Å²) in [6.45, 7) is 6.08. The molecule has 2 heteroatoms. The van der Waals surface area contributed by atoms with Crippen LogP contribution in [0.2, 0.25) is 0 Å². The molecule has 0 atom stereocenters. The Morgan fingerprint density at radius 1 is 1.17 bits per heavy atom. The predicted octanol–water partition coefficient (Wildman–Crippen LogP) is 2.26. The van der Waals surface area contributed by atoms with Gasteiger partial charge in [-0.05, 0) is 31.9 Å². The average Bonchev–Trinajstić information content (AvgIpc) is 1.96. The van der Waals surface area contributed by atoms with Crippen LogP contribution >= 0.6 is 0 Å². The minimum absolute atomic E-state index is 1.00. The second-order valence-corrected chi connectivity index (χ2v) is 3.06. The van der Waals surface area contributed by atoms with Gasteiger partial charge in [-0.3, -0.25) is 0 Å². The second-order valence-electron chi connectivity index (χ2n) is 3.06. The molecule has 0 aromatic heterocycles. The molecule has 0 fully saturated rings. The van der Waals surface area contributed by atoms with Crippen molar-refractivity contribution in [3.8, 4) is 0 Å². The SMILES string of the molecule is Cc1cc(C)c(C=[N+]=[N-])c(C)c1. The van der Waals surface area contributed by atoms with Crippen LogP contribution in [-0.2, 0) is 0 Å². The lowest BCUT2D eigenvalue weighted by Crippen LogP contribution is -1.93. The quantitative estimate of drug-likeness (QED) is 0.343. The molecular formula is C10H12N2. The van der Waals surface area contributed by atoms with E-state index in [0.29, 0.717) is 0 Å². The van der Waals surface area contributed by atoms with Gasteiger partial charge in [-0.2, -0.15) is 4.79 Å². The van der Waals surface area contributed by atoms with Crippen LogP contribution < -0.4 is 0 Å². The van der Waals surface area contributed by atoms with E-state index in [-0.39, 0.29) is 0 Å². The summed E-state index contributed by atoms with van der Waals surface area (Å²) < 4.78 is 0. The fourth-order valence-electron chi connectivity index (χ4n) is 1.45. The molecule has 0 saturated carbocycles. The number of nitrogens with zero attached hydrogens (tertiary/aromatic N) is 2. The minimum atomic E-state index is 1.00. The summed E-state index contributed by atoms with van der Waals surface area (Å²) in [6, 6.07) is 4.15.